The number of nitriles is 1. The third kappa shape index (κ3) is 13.8. The number of aromatic nitrogens is 3. The first-order valence-corrected chi connectivity index (χ1v) is 19.1. The molecule has 0 unspecified atom stereocenters. The van der Waals surface area contributed by atoms with Crippen LogP contribution in [0.5, 0.6) is 0 Å². The molecule has 0 spiro atoms. The molecule has 63 heavy (non-hydrogen) atoms. The predicted octanol–water partition coefficient (Wildman–Crippen LogP) is 13.6. The summed E-state index contributed by atoms with van der Waals surface area (Å²) in [4.78, 5) is 13.4. The molecule has 0 aliphatic rings. The van der Waals surface area contributed by atoms with E-state index in [0.29, 0.717) is 11.1 Å². The van der Waals surface area contributed by atoms with Gasteiger partial charge in [-0.1, -0.05) is 98.7 Å². The molecule has 0 aliphatic carbocycles. The molecular formula is C55H40FIr3N4-3. The van der Waals surface area contributed by atoms with Gasteiger partial charge in [-0.2, -0.15) is 5.26 Å². The van der Waals surface area contributed by atoms with Crippen LogP contribution in [-0.4, -0.2) is 15.0 Å². The maximum atomic E-state index is 12.9. The summed E-state index contributed by atoms with van der Waals surface area (Å²) < 4.78 is 52.6. The van der Waals surface area contributed by atoms with Gasteiger partial charge in [0.15, 0.2) is 0 Å². The molecule has 0 bridgehead atoms. The fraction of sp³-hybridized carbons (Fsp3) is 0.0545. The number of rotatable bonds is 6. The number of hydrogen-bond acceptors (Lipinski definition) is 4. The van der Waals surface area contributed by atoms with Crippen molar-refractivity contribution >= 4 is 0 Å². The Morgan fingerprint density at radius 2 is 1.06 bits per heavy atom. The van der Waals surface area contributed by atoms with Crippen molar-refractivity contribution < 1.29 is 71.6 Å². The molecule has 0 aliphatic heterocycles. The number of benzene rings is 6. The van der Waals surface area contributed by atoms with E-state index in [9.17, 15) is 4.39 Å². The van der Waals surface area contributed by atoms with Gasteiger partial charge in [0.2, 0.25) is 0 Å². The van der Waals surface area contributed by atoms with Gasteiger partial charge < -0.3 is 15.0 Å². The molecule has 0 fully saturated rings. The van der Waals surface area contributed by atoms with Crippen LogP contribution in [0.4, 0.5) is 4.39 Å². The minimum Gasteiger partial charge on any atom is -0.304 e. The molecule has 0 atom stereocenters. The van der Waals surface area contributed by atoms with Crippen LogP contribution in [0.2, 0.25) is 0 Å². The first kappa shape index (κ1) is 42.4. The normalized spacial score (nSPS) is 10.9. The average molecular weight is 1360 g/mol. The van der Waals surface area contributed by atoms with E-state index in [1.807, 2.05) is 142 Å². The summed E-state index contributed by atoms with van der Waals surface area (Å²) in [7, 11) is 0. The van der Waals surface area contributed by atoms with Crippen molar-refractivity contribution in [1.29, 1.82) is 5.26 Å². The second-order valence-corrected chi connectivity index (χ2v) is 13.8. The van der Waals surface area contributed by atoms with Crippen molar-refractivity contribution in [2.45, 2.75) is 20.8 Å². The van der Waals surface area contributed by atoms with Gasteiger partial charge in [0.05, 0.1) is 18.5 Å². The molecule has 0 saturated carbocycles. The van der Waals surface area contributed by atoms with Crippen molar-refractivity contribution in [1.82, 2.24) is 15.0 Å². The van der Waals surface area contributed by atoms with E-state index in [-0.39, 0.29) is 95.9 Å². The topological polar surface area (TPSA) is 62.5 Å². The Morgan fingerprint density at radius 3 is 1.52 bits per heavy atom. The van der Waals surface area contributed by atoms with Crippen molar-refractivity contribution in [2.75, 3.05) is 0 Å². The molecule has 0 N–H and O–H groups in total. The Hall–Kier alpha value is -5.86. The first-order chi connectivity index (χ1) is 31.4. The smallest absolute Gasteiger partial charge is 0.123 e. The SMILES string of the molecule is Fc1ccc(-c2ccc(-c3[c-]cccc3)nc2)cc1.N#Cc1ccc(-c2ccc(-c3[c-]cccc3)nc2)cc1.[2H]c1c([2H])c([2H])c(-c2cnc(-c3[c-]c(C)cc(C)c3)cc2C)c([2H])c1[2H].[Ir].[Ir].[Ir]. The van der Waals surface area contributed by atoms with Crippen molar-refractivity contribution in [3.63, 3.8) is 0 Å². The van der Waals surface area contributed by atoms with Gasteiger partial charge in [0.25, 0.3) is 0 Å². The number of halogens is 1. The van der Waals surface area contributed by atoms with E-state index < -0.39 is 6.04 Å². The molecule has 8 heteroatoms. The third-order valence-electron chi connectivity index (χ3n) is 9.33. The largest absolute Gasteiger partial charge is 0.304 e. The van der Waals surface area contributed by atoms with Crippen LogP contribution in [0.25, 0.3) is 67.2 Å². The summed E-state index contributed by atoms with van der Waals surface area (Å²) in [5.74, 6) is -0.229. The predicted molar refractivity (Wildman–Crippen MR) is 241 cm³/mol. The Morgan fingerprint density at radius 1 is 0.540 bits per heavy atom. The van der Waals surface area contributed by atoms with Crippen molar-refractivity contribution in [3.8, 4) is 73.2 Å². The Labute approximate surface area is 417 Å². The molecular weight excluding hydrogens is 1310 g/mol. The monoisotopic (exact) mass is 1360 g/mol. The molecule has 3 heterocycles. The van der Waals surface area contributed by atoms with Gasteiger partial charge in [-0.3, -0.25) is 0 Å². The fourth-order valence-electron chi connectivity index (χ4n) is 6.32. The van der Waals surface area contributed by atoms with Crippen LogP contribution in [-0.2, 0) is 60.3 Å². The zero-order chi connectivity index (χ0) is 46.0. The minimum absolute atomic E-state index is 0. The molecule has 9 rings (SSSR count). The maximum absolute atomic E-state index is 12.9. The van der Waals surface area contributed by atoms with Gasteiger partial charge in [-0.05, 0) is 81.7 Å². The fourth-order valence-corrected chi connectivity index (χ4v) is 6.32. The molecule has 317 valence electrons. The number of aryl methyl sites for hydroxylation is 3. The molecule has 0 saturated heterocycles. The standard InChI is InChI=1S/C20H18N.C18H11N2.C17H11FN.3Ir/c1-14-9-15(2)11-18(10-14)20-12-16(3)19(13-21-20)17-7-5-4-6-8-17;19-12-14-6-8-15(9-7-14)17-10-11-18(20-13-17)16-4-2-1-3-5-16;18-16-9-6-13(7-10-16)15-8-11-17(19-12-15)14-4-2-1-3-5-14;;;/h4-10,12-13H,1-3H3;1-4,6-11,13H;1-4,6-12H;;;/q3*-1;;;/i4D,5D,6D,7D,8D;;;;;. The van der Waals surface area contributed by atoms with Crippen LogP contribution in [0, 0.1) is 56.1 Å². The van der Waals surface area contributed by atoms with Gasteiger partial charge in [0.1, 0.15) is 5.82 Å². The average Bonchev–Trinajstić information content (AvgIpc) is 3.34. The zero-order valence-electron chi connectivity index (χ0n) is 39.2. The quantitative estimate of drug-likeness (QED) is 0.156. The second-order valence-electron chi connectivity index (χ2n) is 13.8. The summed E-state index contributed by atoms with van der Waals surface area (Å²) in [5, 5.41) is 8.80. The van der Waals surface area contributed by atoms with Crippen molar-refractivity contribution in [3.05, 3.63) is 235 Å². The summed E-state index contributed by atoms with van der Waals surface area (Å²) in [6.07, 6.45) is 5.21. The van der Waals surface area contributed by atoms with Crippen LogP contribution in [0.3, 0.4) is 0 Å². The first-order valence-electron chi connectivity index (χ1n) is 21.6. The van der Waals surface area contributed by atoms with E-state index in [2.05, 4.69) is 39.2 Å². The number of nitrogens with zero attached hydrogens (tertiary/aromatic N) is 4. The van der Waals surface area contributed by atoms with Gasteiger partial charge in [0, 0.05) is 84.5 Å². The van der Waals surface area contributed by atoms with E-state index in [1.165, 1.54) is 12.1 Å². The maximum Gasteiger partial charge on any atom is 0.123 e. The van der Waals surface area contributed by atoms with E-state index in [4.69, 9.17) is 12.1 Å². The van der Waals surface area contributed by atoms with Crippen LogP contribution in [0.1, 0.15) is 29.1 Å². The number of hydrogen-bond donors (Lipinski definition) is 0. The molecule has 6 aromatic carbocycles. The van der Waals surface area contributed by atoms with Gasteiger partial charge >= 0.3 is 0 Å². The Bertz CT molecular complexity index is 3070. The molecule has 0 amide bonds. The van der Waals surface area contributed by atoms with E-state index >= 15 is 0 Å². The molecule has 3 aromatic heterocycles. The Kier molecular flexibility index (Phi) is 16.6. The third-order valence-corrected chi connectivity index (χ3v) is 9.33. The Balaban J connectivity index is 0.000000221. The minimum atomic E-state index is -0.393. The molecule has 3 radical (unpaired) electrons. The van der Waals surface area contributed by atoms with E-state index in [0.717, 1.165) is 72.7 Å². The zero-order valence-corrected chi connectivity index (χ0v) is 41.4. The molecule has 4 nitrogen and oxygen atoms in total. The summed E-state index contributed by atoms with van der Waals surface area (Å²) >= 11 is 0. The summed E-state index contributed by atoms with van der Waals surface area (Å²) in [5.41, 5.74) is 13.7. The molecule has 9 aromatic rings. The second kappa shape index (κ2) is 24.7. The van der Waals surface area contributed by atoms with Crippen LogP contribution in [0.15, 0.2) is 188 Å². The summed E-state index contributed by atoms with van der Waals surface area (Å²) in [6, 6.07) is 53.4. The van der Waals surface area contributed by atoms with E-state index in [1.54, 1.807) is 24.5 Å². The van der Waals surface area contributed by atoms with Gasteiger partial charge in [-0.15, -0.1) is 107 Å². The van der Waals surface area contributed by atoms with Crippen LogP contribution < -0.4 is 0 Å². The van der Waals surface area contributed by atoms with Gasteiger partial charge in [-0.25, -0.2) is 4.39 Å². The number of pyridine rings is 3. The van der Waals surface area contributed by atoms with Crippen molar-refractivity contribution in [2.24, 2.45) is 0 Å². The van der Waals surface area contributed by atoms with Crippen LogP contribution >= 0.6 is 0 Å². The summed E-state index contributed by atoms with van der Waals surface area (Å²) in [6.45, 7) is 5.84.